The quantitative estimate of drug-likeness (QED) is 0.508. The summed E-state index contributed by atoms with van der Waals surface area (Å²) in [5.74, 6) is 2.00. The fourth-order valence-electron chi connectivity index (χ4n) is 2.85. The summed E-state index contributed by atoms with van der Waals surface area (Å²) in [7, 11) is 0. The number of imidazole rings is 1. The summed E-state index contributed by atoms with van der Waals surface area (Å²) < 4.78 is 8.15. The smallest absolute Gasteiger partial charge is 0.119 e. The van der Waals surface area contributed by atoms with Crippen LogP contribution in [0.5, 0.6) is 5.75 Å². The van der Waals surface area contributed by atoms with Crippen molar-refractivity contribution in [3.63, 3.8) is 0 Å². The molecule has 4 rings (SSSR count). The van der Waals surface area contributed by atoms with Gasteiger partial charge in [-0.3, -0.25) is 0 Å². The molecule has 0 bridgehead atoms. The minimum Gasteiger partial charge on any atom is -0.492 e. The highest BCUT2D eigenvalue weighted by Gasteiger charge is 2.11. The van der Waals surface area contributed by atoms with Gasteiger partial charge in [-0.05, 0) is 35.7 Å². The molecule has 0 aliphatic rings. The molecule has 0 unspecified atom stereocenters. The monoisotopic (exact) mass is 334 g/mol. The van der Waals surface area contributed by atoms with E-state index in [9.17, 15) is 0 Å². The maximum atomic E-state index is 5.87. The van der Waals surface area contributed by atoms with Gasteiger partial charge in [0, 0.05) is 11.3 Å². The van der Waals surface area contributed by atoms with Crippen molar-refractivity contribution in [3.8, 4) is 5.75 Å². The Bertz CT molecular complexity index is 913. The highest BCUT2D eigenvalue weighted by Crippen LogP contribution is 2.20. The normalized spacial score (nSPS) is 11.0. The average molecular weight is 334 g/mol. The van der Waals surface area contributed by atoms with E-state index in [1.54, 1.807) is 11.3 Å². The second-order valence-electron chi connectivity index (χ2n) is 5.59. The van der Waals surface area contributed by atoms with Gasteiger partial charge in [0.2, 0.25) is 0 Å². The van der Waals surface area contributed by atoms with Crippen LogP contribution in [0, 0.1) is 0 Å². The second-order valence-corrected chi connectivity index (χ2v) is 6.62. The van der Waals surface area contributed by atoms with Crippen LogP contribution in [-0.2, 0) is 13.0 Å². The molecule has 0 saturated heterocycles. The van der Waals surface area contributed by atoms with Gasteiger partial charge in [-0.2, -0.15) is 0 Å². The lowest BCUT2D eigenvalue weighted by Crippen LogP contribution is -2.11. The number of nitrogens with zero attached hydrogens (tertiary/aromatic N) is 2. The molecule has 0 saturated carbocycles. The lowest BCUT2D eigenvalue weighted by atomic mass is 10.3. The van der Waals surface area contributed by atoms with E-state index in [0.29, 0.717) is 6.61 Å². The third kappa shape index (κ3) is 3.19. The number of hydrogen-bond donors (Lipinski definition) is 0. The highest BCUT2D eigenvalue weighted by molar-refractivity contribution is 7.09. The Morgan fingerprint density at radius 2 is 1.75 bits per heavy atom. The van der Waals surface area contributed by atoms with Crippen LogP contribution in [0.4, 0.5) is 0 Å². The van der Waals surface area contributed by atoms with Crippen molar-refractivity contribution in [3.05, 3.63) is 82.8 Å². The van der Waals surface area contributed by atoms with Gasteiger partial charge in [0.15, 0.2) is 0 Å². The number of thiophene rings is 1. The summed E-state index contributed by atoms with van der Waals surface area (Å²) in [4.78, 5) is 6.16. The zero-order valence-electron chi connectivity index (χ0n) is 13.3. The molecule has 0 radical (unpaired) electrons. The maximum absolute atomic E-state index is 5.87. The number of para-hydroxylation sites is 3. The molecule has 24 heavy (non-hydrogen) atoms. The fraction of sp³-hybridized carbons (Fsp3) is 0.150. The van der Waals surface area contributed by atoms with Crippen molar-refractivity contribution in [2.75, 3.05) is 6.61 Å². The molecule has 4 heteroatoms. The van der Waals surface area contributed by atoms with Gasteiger partial charge in [0.25, 0.3) is 0 Å². The first-order chi connectivity index (χ1) is 11.9. The van der Waals surface area contributed by atoms with Gasteiger partial charge >= 0.3 is 0 Å². The first kappa shape index (κ1) is 15.0. The van der Waals surface area contributed by atoms with Crippen LogP contribution < -0.4 is 4.74 Å². The van der Waals surface area contributed by atoms with Crippen LogP contribution in [0.1, 0.15) is 10.7 Å². The zero-order valence-corrected chi connectivity index (χ0v) is 14.1. The van der Waals surface area contributed by atoms with Gasteiger partial charge in [-0.15, -0.1) is 11.3 Å². The molecule has 0 atom stereocenters. The lowest BCUT2D eigenvalue weighted by Gasteiger charge is -2.10. The van der Waals surface area contributed by atoms with E-state index >= 15 is 0 Å². The molecule has 4 aromatic rings. The van der Waals surface area contributed by atoms with Crippen molar-refractivity contribution in [2.45, 2.75) is 13.0 Å². The Morgan fingerprint density at radius 3 is 2.58 bits per heavy atom. The number of aromatic nitrogens is 2. The summed E-state index contributed by atoms with van der Waals surface area (Å²) in [6.45, 7) is 1.41. The molecule has 0 fully saturated rings. The van der Waals surface area contributed by atoms with E-state index in [2.05, 4.69) is 40.3 Å². The van der Waals surface area contributed by atoms with E-state index in [1.165, 1.54) is 10.4 Å². The first-order valence-electron chi connectivity index (χ1n) is 8.04. The number of rotatable bonds is 6. The van der Waals surface area contributed by atoms with Crippen molar-refractivity contribution < 1.29 is 4.74 Å². The van der Waals surface area contributed by atoms with Crippen LogP contribution in [-0.4, -0.2) is 16.2 Å². The van der Waals surface area contributed by atoms with Gasteiger partial charge in [0.1, 0.15) is 18.2 Å². The summed E-state index contributed by atoms with van der Waals surface area (Å²) in [5, 5.41) is 2.11. The molecular weight excluding hydrogens is 316 g/mol. The van der Waals surface area contributed by atoms with Crippen LogP contribution >= 0.6 is 11.3 Å². The minimum atomic E-state index is 0.627. The first-order valence-corrected chi connectivity index (χ1v) is 8.92. The van der Waals surface area contributed by atoms with Crippen LogP contribution in [0.2, 0.25) is 0 Å². The van der Waals surface area contributed by atoms with E-state index in [0.717, 1.165) is 30.1 Å². The SMILES string of the molecule is c1ccc(OCCn2c(Cc3cccs3)nc3ccccc32)cc1. The zero-order chi connectivity index (χ0) is 16.2. The van der Waals surface area contributed by atoms with Gasteiger partial charge in [-0.1, -0.05) is 36.4 Å². The molecular formula is C20H18N2OS. The molecule has 0 spiro atoms. The molecule has 0 aliphatic heterocycles. The molecule has 2 aromatic carbocycles. The third-order valence-corrected chi connectivity index (χ3v) is 4.85. The Hall–Kier alpha value is -2.59. The van der Waals surface area contributed by atoms with E-state index in [-0.39, 0.29) is 0 Å². The molecule has 3 nitrogen and oxygen atoms in total. The topological polar surface area (TPSA) is 27.1 Å². The third-order valence-electron chi connectivity index (χ3n) is 3.97. The maximum Gasteiger partial charge on any atom is 0.119 e. The van der Waals surface area contributed by atoms with Crippen LogP contribution in [0.15, 0.2) is 72.1 Å². The Morgan fingerprint density at radius 1 is 0.917 bits per heavy atom. The molecule has 120 valence electrons. The Labute approximate surface area is 145 Å². The summed E-state index contributed by atoms with van der Waals surface area (Å²) in [6, 6.07) is 22.5. The number of fused-ring (bicyclic) bond motifs is 1. The number of hydrogen-bond acceptors (Lipinski definition) is 3. The average Bonchev–Trinajstić information content (AvgIpc) is 3.25. The van der Waals surface area contributed by atoms with Crippen molar-refractivity contribution >= 4 is 22.4 Å². The van der Waals surface area contributed by atoms with Crippen molar-refractivity contribution in [2.24, 2.45) is 0 Å². The largest absolute Gasteiger partial charge is 0.492 e. The molecule has 2 heterocycles. The number of benzene rings is 2. The Kier molecular flexibility index (Phi) is 4.30. The second kappa shape index (κ2) is 6.89. The fourth-order valence-corrected chi connectivity index (χ4v) is 3.55. The summed E-state index contributed by atoms with van der Waals surface area (Å²) in [6.07, 6.45) is 0.859. The van der Waals surface area contributed by atoms with E-state index in [1.807, 2.05) is 36.4 Å². The molecule has 0 amide bonds. The van der Waals surface area contributed by atoms with Gasteiger partial charge in [0.05, 0.1) is 17.6 Å². The van der Waals surface area contributed by atoms with E-state index in [4.69, 9.17) is 9.72 Å². The lowest BCUT2D eigenvalue weighted by molar-refractivity contribution is 0.298. The predicted octanol–water partition coefficient (Wildman–Crippen LogP) is 4.77. The van der Waals surface area contributed by atoms with Gasteiger partial charge in [-0.25, -0.2) is 4.98 Å². The van der Waals surface area contributed by atoms with Gasteiger partial charge < -0.3 is 9.30 Å². The van der Waals surface area contributed by atoms with Crippen LogP contribution in [0.3, 0.4) is 0 Å². The van der Waals surface area contributed by atoms with Crippen molar-refractivity contribution in [1.29, 1.82) is 0 Å². The standard InChI is InChI=1S/C20H18N2OS/c1-2-7-16(8-3-1)23-13-12-22-19-11-5-4-10-18(19)21-20(22)15-17-9-6-14-24-17/h1-11,14H,12-13,15H2. The molecule has 2 aromatic heterocycles. The minimum absolute atomic E-state index is 0.627. The van der Waals surface area contributed by atoms with Crippen LogP contribution in [0.25, 0.3) is 11.0 Å². The number of ether oxygens (including phenoxy) is 1. The Balaban J connectivity index is 1.57. The highest BCUT2D eigenvalue weighted by atomic mass is 32.1. The summed E-state index contributed by atoms with van der Waals surface area (Å²) >= 11 is 1.77. The van der Waals surface area contributed by atoms with Crippen molar-refractivity contribution in [1.82, 2.24) is 9.55 Å². The summed E-state index contributed by atoms with van der Waals surface area (Å²) in [5.41, 5.74) is 2.21. The molecule has 0 N–H and O–H groups in total. The van der Waals surface area contributed by atoms with E-state index < -0.39 is 0 Å². The molecule has 0 aliphatic carbocycles. The predicted molar refractivity (Wildman–Crippen MR) is 98.8 cm³/mol.